The summed E-state index contributed by atoms with van der Waals surface area (Å²) < 4.78 is 13.9. The SMILES string of the molecule is O=Cc1cn(CC2CCN(CCF)CC2)nn1. The molecule has 1 fully saturated rings. The maximum Gasteiger partial charge on any atom is 0.171 e. The Hall–Kier alpha value is -1.30. The van der Waals surface area contributed by atoms with Gasteiger partial charge in [0.15, 0.2) is 6.29 Å². The Balaban J connectivity index is 1.79. The normalized spacial score (nSPS) is 18.4. The molecule has 0 aliphatic carbocycles. The summed E-state index contributed by atoms with van der Waals surface area (Å²) in [4.78, 5) is 12.6. The van der Waals surface area contributed by atoms with E-state index in [0.29, 0.717) is 24.4 Å². The number of piperidine rings is 1. The molecule has 0 bridgehead atoms. The topological polar surface area (TPSA) is 51.0 Å². The van der Waals surface area contributed by atoms with Crippen LogP contribution in [0, 0.1) is 5.92 Å². The second-order valence-corrected chi connectivity index (χ2v) is 4.46. The lowest BCUT2D eigenvalue weighted by molar-refractivity contribution is 0.111. The molecule has 2 heterocycles. The molecule has 17 heavy (non-hydrogen) atoms. The molecule has 0 saturated carbocycles. The summed E-state index contributed by atoms with van der Waals surface area (Å²) in [6.07, 6.45) is 4.47. The van der Waals surface area contributed by atoms with Crippen LogP contribution < -0.4 is 0 Å². The number of aromatic nitrogens is 3. The molecule has 0 unspecified atom stereocenters. The summed E-state index contributed by atoms with van der Waals surface area (Å²) in [5.41, 5.74) is 0.375. The van der Waals surface area contributed by atoms with Crippen molar-refractivity contribution in [1.82, 2.24) is 19.9 Å². The minimum Gasteiger partial charge on any atom is -0.301 e. The highest BCUT2D eigenvalue weighted by atomic mass is 19.1. The summed E-state index contributed by atoms with van der Waals surface area (Å²) >= 11 is 0. The molecular weight excluding hydrogens is 223 g/mol. The zero-order valence-corrected chi connectivity index (χ0v) is 9.76. The lowest BCUT2D eigenvalue weighted by Gasteiger charge is -2.30. The molecule has 0 N–H and O–H groups in total. The van der Waals surface area contributed by atoms with E-state index >= 15 is 0 Å². The van der Waals surface area contributed by atoms with E-state index in [9.17, 15) is 9.18 Å². The van der Waals surface area contributed by atoms with E-state index < -0.39 is 0 Å². The molecule has 0 atom stereocenters. The van der Waals surface area contributed by atoms with Crippen molar-refractivity contribution in [2.45, 2.75) is 19.4 Å². The Labute approximate surface area is 99.6 Å². The van der Waals surface area contributed by atoms with Crippen molar-refractivity contribution in [3.8, 4) is 0 Å². The lowest BCUT2D eigenvalue weighted by atomic mass is 9.97. The van der Waals surface area contributed by atoms with Crippen LogP contribution in [0.3, 0.4) is 0 Å². The van der Waals surface area contributed by atoms with Crippen molar-refractivity contribution in [3.63, 3.8) is 0 Å². The molecule has 2 rings (SSSR count). The fourth-order valence-corrected chi connectivity index (χ4v) is 2.23. The molecule has 94 valence electrons. The van der Waals surface area contributed by atoms with Gasteiger partial charge in [0, 0.05) is 13.1 Å². The second kappa shape index (κ2) is 5.86. The van der Waals surface area contributed by atoms with Crippen LogP contribution in [-0.2, 0) is 6.54 Å². The second-order valence-electron chi connectivity index (χ2n) is 4.46. The average Bonchev–Trinajstić information content (AvgIpc) is 2.80. The number of hydrogen-bond donors (Lipinski definition) is 0. The maximum atomic E-state index is 12.2. The van der Waals surface area contributed by atoms with Crippen molar-refractivity contribution < 1.29 is 9.18 Å². The number of nitrogens with zero attached hydrogens (tertiary/aromatic N) is 4. The molecule has 0 amide bonds. The van der Waals surface area contributed by atoms with Crippen LogP contribution in [0.25, 0.3) is 0 Å². The van der Waals surface area contributed by atoms with Crippen LogP contribution in [-0.4, -0.2) is 52.5 Å². The Morgan fingerprint density at radius 3 is 2.82 bits per heavy atom. The highest BCUT2D eigenvalue weighted by Gasteiger charge is 2.19. The number of aldehydes is 1. The molecule has 0 radical (unpaired) electrons. The third-order valence-corrected chi connectivity index (χ3v) is 3.23. The molecule has 6 heteroatoms. The number of likely N-dealkylation sites (tertiary alicyclic amines) is 1. The van der Waals surface area contributed by atoms with Crippen LogP contribution in [0.4, 0.5) is 4.39 Å². The minimum atomic E-state index is -0.267. The molecule has 1 aliphatic rings. The van der Waals surface area contributed by atoms with Gasteiger partial charge in [-0.15, -0.1) is 5.10 Å². The van der Waals surface area contributed by atoms with E-state index in [4.69, 9.17) is 0 Å². The van der Waals surface area contributed by atoms with Crippen molar-refractivity contribution in [2.24, 2.45) is 5.92 Å². The number of carbonyl (C=O) groups is 1. The van der Waals surface area contributed by atoms with Crippen LogP contribution in [0.2, 0.25) is 0 Å². The fourth-order valence-electron chi connectivity index (χ4n) is 2.23. The van der Waals surface area contributed by atoms with Gasteiger partial charge >= 0.3 is 0 Å². The third kappa shape index (κ3) is 3.33. The van der Waals surface area contributed by atoms with Gasteiger partial charge in [0.05, 0.1) is 6.20 Å². The number of halogens is 1. The molecule has 1 aromatic rings. The first-order chi connectivity index (χ1) is 8.31. The Bertz CT molecular complexity index is 360. The van der Waals surface area contributed by atoms with E-state index in [1.807, 2.05) is 0 Å². The predicted octanol–water partition coefficient (Wildman–Crippen LogP) is 0.772. The summed E-state index contributed by atoms with van der Waals surface area (Å²) in [5, 5.41) is 7.63. The van der Waals surface area contributed by atoms with E-state index in [0.717, 1.165) is 32.5 Å². The highest BCUT2D eigenvalue weighted by Crippen LogP contribution is 2.18. The zero-order chi connectivity index (χ0) is 12.1. The predicted molar refractivity (Wildman–Crippen MR) is 60.5 cm³/mol. The van der Waals surface area contributed by atoms with Gasteiger partial charge in [-0.25, -0.2) is 4.39 Å². The fraction of sp³-hybridized carbons (Fsp3) is 0.727. The van der Waals surface area contributed by atoms with Crippen LogP contribution in [0.1, 0.15) is 23.3 Å². The van der Waals surface area contributed by atoms with Crippen LogP contribution >= 0.6 is 0 Å². The first-order valence-electron chi connectivity index (χ1n) is 5.95. The van der Waals surface area contributed by atoms with Crippen molar-refractivity contribution in [1.29, 1.82) is 0 Å². The first kappa shape index (κ1) is 12.2. The average molecular weight is 240 g/mol. The highest BCUT2D eigenvalue weighted by molar-refractivity contribution is 5.70. The van der Waals surface area contributed by atoms with E-state index in [1.165, 1.54) is 0 Å². The van der Waals surface area contributed by atoms with Gasteiger partial charge in [-0.1, -0.05) is 5.21 Å². The van der Waals surface area contributed by atoms with Gasteiger partial charge in [0.25, 0.3) is 0 Å². The number of alkyl halides is 1. The zero-order valence-electron chi connectivity index (χ0n) is 9.76. The van der Waals surface area contributed by atoms with Gasteiger partial charge in [-0.3, -0.25) is 9.48 Å². The molecule has 5 nitrogen and oxygen atoms in total. The van der Waals surface area contributed by atoms with Crippen molar-refractivity contribution >= 4 is 6.29 Å². The molecule has 1 aliphatic heterocycles. The van der Waals surface area contributed by atoms with Gasteiger partial charge < -0.3 is 4.90 Å². The minimum absolute atomic E-state index is 0.267. The van der Waals surface area contributed by atoms with Gasteiger partial charge in [0.1, 0.15) is 12.4 Å². The summed E-state index contributed by atoms with van der Waals surface area (Å²) in [6, 6.07) is 0. The monoisotopic (exact) mass is 240 g/mol. The Morgan fingerprint density at radius 1 is 1.47 bits per heavy atom. The Kier molecular flexibility index (Phi) is 4.19. The first-order valence-corrected chi connectivity index (χ1v) is 5.95. The molecule has 1 saturated heterocycles. The van der Waals surface area contributed by atoms with Crippen LogP contribution in [0.15, 0.2) is 6.20 Å². The van der Waals surface area contributed by atoms with Gasteiger partial charge in [-0.2, -0.15) is 0 Å². The quantitative estimate of drug-likeness (QED) is 0.713. The molecule has 0 spiro atoms. The summed E-state index contributed by atoms with van der Waals surface area (Å²) in [5.74, 6) is 0.548. The standard InChI is InChI=1S/C11H17FN4O/c12-3-6-15-4-1-10(2-5-15)7-16-8-11(9-17)13-14-16/h8-10H,1-7H2. The van der Waals surface area contributed by atoms with Gasteiger partial charge in [0.2, 0.25) is 0 Å². The molecular formula is C11H17FN4O. The lowest BCUT2D eigenvalue weighted by Crippen LogP contribution is -2.36. The van der Waals surface area contributed by atoms with Crippen LogP contribution in [0.5, 0.6) is 0 Å². The van der Waals surface area contributed by atoms with Gasteiger partial charge in [-0.05, 0) is 31.8 Å². The summed E-state index contributed by atoms with van der Waals surface area (Å²) in [6.45, 7) is 2.97. The third-order valence-electron chi connectivity index (χ3n) is 3.23. The van der Waals surface area contributed by atoms with E-state index in [2.05, 4.69) is 15.2 Å². The number of carbonyl (C=O) groups excluding carboxylic acids is 1. The van der Waals surface area contributed by atoms with E-state index in [-0.39, 0.29) is 6.67 Å². The smallest absolute Gasteiger partial charge is 0.171 e. The number of rotatable bonds is 5. The van der Waals surface area contributed by atoms with Crippen molar-refractivity contribution in [2.75, 3.05) is 26.3 Å². The summed E-state index contributed by atoms with van der Waals surface area (Å²) in [7, 11) is 0. The number of hydrogen-bond acceptors (Lipinski definition) is 4. The maximum absolute atomic E-state index is 12.2. The van der Waals surface area contributed by atoms with E-state index in [1.54, 1.807) is 10.9 Å². The molecule has 0 aromatic carbocycles. The molecule has 1 aromatic heterocycles. The Morgan fingerprint density at radius 2 is 2.24 bits per heavy atom. The largest absolute Gasteiger partial charge is 0.301 e. The van der Waals surface area contributed by atoms with Crippen molar-refractivity contribution in [3.05, 3.63) is 11.9 Å².